The molecule has 0 radical (unpaired) electrons. The number of methoxy groups -OCH3 is 3. The highest BCUT2D eigenvalue weighted by Gasteiger charge is 2.46. The van der Waals surface area contributed by atoms with E-state index in [-0.39, 0.29) is 12.8 Å². The van der Waals surface area contributed by atoms with Crippen LogP contribution in [0.1, 0.15) is 44.8 Å². The van der Waals surface area contributed by atoms with Crippen LogP contribution in [0.3, 0.4) is 0 Å². The minimum atomic E-state index is -0.528. The van der Waals surface area contributed by atoms with E-state index in [0.717, 1.165) is 41.0 Å². The van der Waals surface area contributed by atoms with Gasteiger partial charge in [-0.15, -0.1) is 0 Å². The molecule has 3 heterocycles. The van der Waals surface area contributed by atoms with Crippen molar-refractivity contribution in [3.05, 3.63) is 39.9 Å². The number of cyclic esters (lactones) is 1. The Labute approximate surface area is 180 Å². The van der Waals surface area contributed by atoms with E-state index >= 15 is 0 Å². The molecule has 3 aliphatic rings. The summed E-state index contributed by atoms with van der Waals surface area (Å²) in [6, 6.07) is 3.43. The summed E-state index contributed by atoms with van der Waals surface area (Å²) in [4.78, 5) is 15.1. The number of benzene rings is 2. The number of ether oxygens (including phenoxy) is 6. The maximum absolute atomic E-state index is 12.9. The predicted molar refractivity (Wildman–Crippen MR) is 111 cm³/mol. The van der Waals surface area contributed by atoms with E-state index in [4.69, 9.17) is 28.4 Å². The molecule has 164 valence electrons. The van der Waals surface area contributed by atoms with Gasteiger partial charge in [0.25, 0.3) is 0 Å². The van der Waals surface area contributed by atoms with Gasteiger partial charge in [-0.2, -0.15) is 0 Å². The molecule has 2 aromatic rings. The summed E-state index contributed by atoms with van der Waals surface area (Å²) in [5.41, 5.74) is 4.33. The predicted octanol–water partition coefficient (Wildman–Crippen LogP) is 3.19. The highest BCUT2D eigenvalue weighted by Crippen LogP contribution is 2.56. The molecule has 0 bridgehead atoms. The summed E-state index contributed by atoms with van der Waals surface area (Å²) in [6.45, 7) is 3.00. The van der Waals surface area contributed by atoms with Crippen LogP contribution in [-0.2, 0) is 11.2 Å². The van der Waals surface area contributed by atoms with E-state index in [1.54, 1.807) is 20.3 Å². The lowest BCUT2D eigenvalue weighted by Crippen LogP contribution is -2.36. The summed E-state index contributed by atoms with van der Waals surface area (Å²) in [7, 11) is 6.72. The normalized spacial score (nSPS) is 21.4. The third-order valence-electron chi connectivity index (χ3n) is 6.48. The molecule has 0 saturated carbocycles. The second-order valence-corrected chi connectivity index (χ2v) is 7.88. The second-order valence-electron chi connectivity index (χ2n) is 7.88. The number of rotatable bonds is 4. The molecular formula is C23H25NO7. The highest BCUT2D eigenvalue weighted by molar-refractivity contribution is 5.98. The minimum Gasteiger partial charge on any atom is -0.493 e. The number of esters is 1. The van der Waals surface area contributed by atoms with Crippen molar-refractivity contribution in [3.63, 3.8) is 0 Å². The standard InChI is InChI=1S/C23H25NO7/c1-11-12-8-9-24(2)17(15(12)21(28-5)22-18(11)29-10-30-22)19-13-6-7-14(26-3)20(27-4)16(13)23(25)31-19/h6-7,17,19H,8-10H2,1-5H3/t17-,19?/m1/s1. The van der Waals surface area contributed by atoms with E-state index < -0.39 is 12.1 Å². The van der Waals surface area contributed by atoms with Gasteiger partial charge in [0.2, 0.25) is 12.5 Å². The maximum Gasteiger partial charge on any atom is 0.343 e. The average Bonchev–Trinajstić information content (AvgIpc) is 3.39. The van der Waals surface area contributed by atoms with Crippen molar-refractivity contribution in [1.29, 1.82) is 0 Å². The number of likely N-dealkylation sites (N-methyl/N-ethyl adjacent to an activating group) is 1. The highest BCUT2D eigenvalue weighted by atomic mass is 16.7. The molecule has 3 aliphatic heterocycles. The molecule has 0 amide bonds. The van der Waals surface area contributed by atoms with Crippen molar-refractivity contribution < 1.29 is 33.2 Å². The van der Waals surface area contributed by atoms with Crippen molar-refractivity contribution >= 4 is 5.97 Å². The first-order valence-electron chi connectivity index (χ1n) is 10.2. The molecule has 1 unspecified atom stereocenters. The Hall–Kier alpha value is -3.13. The van der Waals surface area contributed by atoms with E-state index in [2.05, 4.69) is 4.90 Å². The number of fused-ring (bicyclic) bond motifs is 3. The van der Waals surface area contributed by atoms with E-state index in [1.807, 2.05) is 20.0 Å². The van der Waals surface area contributed by atoms with Gasteiger partial charge in [0.05, 0.1) is 27.4 Å². The molecule has 8 nitrogen and oxygen atoms in total. The third-order valence-corrected chi connectivity index (χ3v) is 6.48. The number of hydrogen-bond acceptors (Lipinski definition) is 8. The lowest BCUT2D eigenvalue weighted by molar-refractivity contribution is 0.00871. The number of carbonyl (C=O) groups excluding carboxylic acids is 1. The van der Waals surface area contributed by atoms with Crippen molar-refractivity contribution in [2.45, 2.75) is 25.5 Å². The Morgan fingerprint density at radius 3 is 2.48 bits per heavy atom. The molecule has 2 aromatic carbocycles. The van der Waals surface area contributed by atoms with Gasteiger partial charge in [-0.05, 0) is 37.6 Å². The molecular weight excluding hydrogens is 402 g/mol. The summed E-state index contributed by atoms with van der Waals surface area (Å²) in [5.74, 6) is 2.43. The Bertz CT molecular complexity index is 1080. The zero-order chi connectivity index (χ0) is 21.9. The van der Waals surface area contributed by atoms with E-state index in [9.17, 15) is 4.79 Å². The van der Waals surface area contributed by atoms with E-state index in [0.29, 0.717) is 28.6 Å². The molecule has 0 aliphatic carbocycles. The van der Waals surface area contributed by atoms with Gasteiger partial charge in [0.15, 0.2) is 23.0 Å². The van der Waals surface area contributed by atoms with Gasteiger partial charge >= 0.3 is 5.97 Å². The fraction of sp³-hybridized carbons (Fsp3) is 0.435. The molecule has 0 aromatic heterocycles. The Kier molecular flexibility index (Phi) is 4.62. The van der Waals surface area contributed by atoms with Crippen LogP contribution in [0.25, 0.3) is 0 Å². The lowest BCUT2D eigenvalue weighted by atomic mass is 9.83. The summed E-state index contributed by atoms with van der Waals surface area (Å²) < 4.78 is 34.1. The molecule has 0 saturated heterocycles. The topological polar surface area (TPSA) is 75.7 Å². The molecule has 0 N–H and O–H groups in total. The monoisotopic (exact) mass is 427 g/mol. The Balaban J connectivity index is 1.72. The summed E-state index contributed by atoms with van der Waals surface area (Å²) in [5, 5.41) is 0. The van der Waals surface area contributed by atoms with Crippen molar-refractivity contribution in [2.24, 2.45) is 0 Å². The quantitative estimate of drug-likeness (QED) is 0.689. The summed E-state index contributed by atoms with van der Waals surface area (Å²) in [6.07, 6.45) is 0.306. The summed E-state index contributed by atoms with van der Waals surface area (Å²) >= 11 is 0. The molecule has 0 spiro atoms. The smallest absolute Gasteiger partial charge is 0.343 e. The first kappa shape index (κ1) is 19.8. The first-order chi connectivity index (χ1) is 15.0. The minimum absolute atomic E-state index is 0.161. The number of hydrogen-bond donors (Lipinski definition) is 0. The Morgan fingerprint density at radius 2 is 1.77 bits per heavy atom. The second kappa shape index (κ2) is 7.23. The number of carbonyl (C=O) groups is 1. The molecule has 8 heteroatoms. The van der Waals surface area contributed by atoms with Crippen LogP contribution in [0, 0.1) is 6.92 Å². The zero-order valence-electron chi connectivity index (χ0n) is 18.2. The molecule has 5 rings (SSSR count). The maximum atomic E-state index is 12.9. The van der Waals surface area contributed by atoms with Crippen LogP contribution >= 0.6 is 0 Å². The van der Waals surface area contributed by atoms with Crippen molar-refractivity contribution in [2.75, 3.05) is 41.7 Å². The van der Waals surface area contributed by atoms with Crippen LogP contribution < -0.4 is 23.7 Å². The van der Waals surface area contributed by atoms with Gasteiger partial charge < -0.3 is 28.4 Å². The largest absolute Gasteiger partial charge is 0.493 e. The molecule has 31 heavy (non-hydrogen) atoms. The van der Waals surface area contributed by atoms with E-state index in [1.165, 1.54) is 7.11 Å². The molecule has 0 fully saturated rings. The van der Waals surface area contributed by atoms with Gasteiger partial charge in [0, 0.05) is 17.7 Å². The van der Waals surface area contributed by atoms with Gasteiger partial charge in [-0.3, -0.25) is 4.90 Å². The molecule has 2 atom stereocenters. The average molecular weight is 427 g/mol. The van der Waals surface area contributed by atoms with Gasteiger partial charge in [-0.1, -0.05) is 6.07 Å². The van der Waals surface area contributed by atoms with Crippen LogP contribution in [0.2, 0.25) is 0 Å². The SMILES string of the molecule is COc1ccc2c(c1OC)C(=O)OC2[C@H]1c2c(c(C)c3c(c2OC)OCO3)CCN1C. The zero-order valence-corrected chi connectivity index (χ0v) is 18.2. The van der Waals surface area contributed by atoms with Crippen LogP contribution in [0.15, 0.2) is 12.1 Å². The fourth-order valence-corrected chi connectivity index (χ4v) is 5.05. The Morgan fingerprint density at radius 1 is 1.03 bits per heavy atom. The van der Waals surface area contributed by atoms with Gasteiger partial charge in [0.1, 0.15) is 11.7 Å². The third kappa shape index (κ3) is 2.67. The van der Waals surface area contributed by atoms with Crippen molar-refractivity contribution in [1.82, 2.24) is 4.90 Å². The van der Waals surface area contributed by atoms with Crippen LogP contribution in [0.4, 0.5) is 0 Å². The first-order valence-corrected chi connectivity index (χ1v) is 10.2. The lowest BCUT2D eigenvalue weighted by Gasteiger charge is -2.39. The number of nitrogens with zero attached hydrogens (tertiary/aromatic N) is 1. The van der Waals surface area contributed by atoms with Crippen LogP contribution in [0.5, 0.6) is 28.7 Å². The fourth-order valence-electron chi connectivity index (χ4n) is 5.05. The van der Waals surface area contributed by atoms with Gasteiger partial charge in [-0.25, -0.2) is 4.79 Å². The van der Waals surface area contributed by atoms with Crippen LogP contribution in [-0.4, -0.2) is 52.6 Å². The van der Waals surface area contributed by atoms with Crippen molar-refractivity contribution in [3.8, 4) is 28.7 Å².